The number of ether oxygens (including phenoxy) is 2. The second-order valence-corrected chi connectivity index (χ2v) is 7.31. The Labute approximate surface area is 172 Å². The Bertz CT molecular complexity index is 879. The third kappa shape index (κ3) is 6.15. The Morgan fingerprint density at radius 3 is 2.41 bits per heavy atom. The van der Waals surface area contributed by atoms with Gasteiger partial charge in [-0.2, -0.15) is 0 Å². The molecule has 0 saturated carbocycles. The number of amides is 2. The number of rotatable bonds is 8. The van der Waals surface area contributed by atoms with Crippen molar-refractivity contribution in [2.24, 2.45) is 5.92 Å². The molecule has 29 heavy (non-hydrogen) atoms. The molecule has 1 aromatic carbocycles. The zero-order chi connectivity index (χ0) is 21.4. The topological polar surface area (TPSA) is 111 Å². The van der Waals surface area contributed by atoms with Crippen LogP contribution in [0, 0.1) is 5.92 Å². The smallest absolute Gasteiger partial charge is 0.339 e. The van der Waals surface area contributed by atoms with Crippen LogP contribution in [0.25, 0.3) is 0 Å². The highest BCUT2D eigenvalue weighted by Crippen LogP contribution is 2.16. The van der Waals surface area contributed by atoms with Crippen molar-refractivity contribution < 1.29 is 28.7 Å². The third-order valence-electron chi connectivity index (χ3n) is 3.90. The standard InChI is InChI=1S/C20H22N2O6S/c1-12(2)17(22-18(24)15-9-6-10-29-15)20(26)28-11-16(23)21-14-8-5-4-7-13(14)19(25)27-3/h4-10,12,17H,11H2,1-3H3,(H,21,23)(H,22,24)/t17-/m1/s1. The van der Waals surface area contributed by atoms with E-state index in [0.717, 1.165) is 0 Å². The van der Waals surface area contributed by atoms with Crippen LogP contribution in [0.4, 0.5) is 5.69 Å². The lowest BCUT2D eigenvalue weighted by molar-refractivity contribution is -0.150. The van der Waals surface area contributed by atoms with Crippen molar-refractivity contribution in [2.45, 2.75) is 19.9 Å². The SMILES string of the molecule is COC(=O)c1ccccc1NC(=O)COC(=O)[C@H](NC(=O)c1cccs1)C(C)C. The first kappa shape index (κ1) is 22.1. The largest absolute Gasteiger partial charge is 0.465 e. The van der Waals surface area contributed by atoms with E-state index < -0.39 is 30.5 Å². The molecule has 0 spiro atoms. The van der Waals surface area contributed by atoms with Crippen molar-refractivity contribution in [3.63, 3.8) is 0 Å². The van der Waals surface area contributed by atoms with Crippen molar-refractivity contribution in [3.8, 4) is 0 Å². The first-order valence-corrected chi connectivity index (χ1v) is 9.69. The molecule has 154 valence electrons. The van der Waals surface area contributed by atoms with Gasteiger partial charge in [0.05, 0.1) is 23.2 Å². The van der Waals surface area contributed by atoms with Crippen LogP contribution in [-0.2, 0) is 19.1 Å². The Morgan fingerprint density at radius 2 is 1.79 bits per heavy atom. The summed E-state index contributed by atoms with van der Waals surface area (Å²) in [4.78, 5) is 49.0. The molecular weight excluding hydrogens is 396 g/mol. The van der Waals surface area contributed by atoms with Gasteiger partial charge in [0.2, 0.25) is 0 Å². The summed E-state index contributed by atoms with van der Waals surface area (Å²) in [6.45, 7) is 2.95. The number of benzene rings is 1. The van der Waals surface area contributed by atoms with Gasteiger partial charge in [-0.15, -0.1) is 11.3 Å². The van der Waals surface area contributed by atoms with Gasteiger partial charge in [0.1, 0.15) is 6.04 Å². The van der Waals surface area contributed by atoms with Gasteiger partial charge in [-0.3, -0.25) is 9.59 Å². The average molecular weight is 418 g/mol. The molecule has 0 aliphatic rings. The van der Waals surface area contributed by atoms with E-state index in [0.29, 0.717) is 4.88 Å². The summed E-state index contributed by atoms with van der Waals surface area (Å²) < 4.78 is 9.73. The first-order chi connectivity index (χ1) is 13.8. The number of methoxy groups -OCH3 is 1. The lowest BCUT2D eigenvalue weighted by Gasteiger charge is -2.20. The van der Waals surface area contributed by atoms with E-state index in [9.17, 15) is 19.2 Å². The Balaban J connectivity index is 1.95. The molecule has 9 heteroatoms. The molecule has 2 amide bonds. The highest BCUT2D eigenvalue weighted by molar-refractivity contribution is 7.12. The van der Waals surface area contributed by atoms with Crippen molar-refractivity contribution in [2.75, 3.05) is 19.0 Å². The molecule has 1 atom stereocenters. The number of para-hydroxylation sites is 1. The maximum atomic E-state index is 12.4. The van der Waals surface area contributed by atoms with E-state index in [1.807, 2.05) is 0 Å². The molecule has 8 nitrogen and oxygen atoms in total. The quantitative estimate of drug-likeness (QED) is 0.637. The van der Waals surface area contributed by atoms with Crippen LogP contribution < -0.4 is 10.6 Å². The van der Waals surface area contributed by atoms with Crippen molar-refractivity contribution in [1.29, 1.82) is 0 Å². The molecule has 0 aliphatic heterocycles. The molecule has 1 aromatic heterocycles. The number of carbonyl (C=O) groups excluding carboxylic acids is 4. The van der Waals surface area contributed by atoms with Crippen molar-refractivity contribution in [1.82, 2.24) is 5.32 Å². The minimum atomic E-state index is -0.903. The molecule has 0 aliphatic carbocycles. The van der Waals surface area contributed by atoms with Crippen LogP contribution in [0.5, 0.6) is 0 Å². The maximum absolute atomic E-state index is 12.4. The Kier molecular flexibility index (Phi) is 7.90. The third-order valence-corrected chi connectivity index (χ3v) is 4.77. The molecule has 2 N–H and O–H groups in total. The predicted octanol–water partition coefficient (Wildman–Crippen LogP) is 2.47. The van der Waals surface area contributed by atoms with Crippen molar-refractivity contribution in [3.05, 3.63) is 52.2 Å². The number of thiophene rings is 1. The summed E-state index contributed by atoms with van der Waals surface area (Å²) in [5.41, 5.74) is 0.421. The van der Waals surface area contributed by atoms with Crippen LogP contribution in [0.2, 0.25) is 0 Å². The summed E-state index contributed by atoms with van der Waals surface area (Å²) >= 11 is 1.26. The van der Waals surface area contributed by atoms with Gasteiger partial charge in [0.25, 0.3) is 11.8 Å². The number of hydrogen-bond donors (Lipinski definition) is 2. The number of hydrogen-bond acceptors (Lipinski definition) is 7. The summed E-state index contributed by atoms with van der Waals surface area (Å²) in [6.07, 6.45) is 0. The molecule has 2 aromatic rings. The molecule has 0 radical (unpaired) electrons. The molecule has 1 heterocycles. The van der Waals surface area contributed by atoms with E-state index in [1.165, 1.54) is 30.6 Å². The average Bonchev–Trinajstić information content (AvgIpc) is 3.24. The van der Waals surface area contributed by atoms with Gasteiger partial charge >= 0.3 is 11.9 Å². The number of anilines is 1. The number of carbonyl (C=O) groups is 4. The van der Waals surface area contributed by atoms with E-state index in [1.54, 1.807) is 43.5 Å². The van der Waals surface area contributed by atoms with E-state index in [4.69, 9.17) is 4.74 Å². The van der Waals surface area contributed by atoms with Crippen LogP contribution >= 0.6 is 11.3 Å². The molecule has 0 fully saturated rings. The number of esters is 2. The molecule has 2 rings (SSSR count). The summed E-state index contributed by atoms with van der Waals surface area (Å²) in [5, 5.41) is 6.90. The summed E-state index contributed by atoms with van der Waals surface area (Å²) in [7, 11) is 1.24. The van der Waals surface area contributed by atoms with Crippen molar-refractivity contribution >= 4 is 40.8 Å². The number of nitrogens with one attached hydrogen (secondary N) is 2. The zero-order valence-electron chi connectivity index (χ0n) is 16.3. The van der Waals surface area contributed by atoms with Crippen LogP contribution in [-0.4, -0.2) is 43.5 Å². The first-order valence-electron chi connectivity index (χ1n) is 8.81. The normalized spacial score (nSPS) is 11.4. The fourth-order valence-corrected chi connectivity index (χ4v) is 3.04. The van der Waals surface area contributed by atoms with Gasteiger partial charge in [-0.25, -0.2) is 9.59 Å². The van der Waals surface area contributed by atoms with Gasteiger partial charge in [0, 0.05) is 0 Å². The second-order valence-electron chi connectivity index (χ2n) is 6.37. The zero-order valence-corrected chi connectivity index (χ0v) is 17.1. The second kappa shape index (κ2) is 10.4. The van der Waals surface area contributed by atoms with Crippen LogP contribution in [0.1, 0.15) is 33.9 Å². The lowest BCUT2D eigenvalue weighted by Crippen LogP contribution is -2.45. The fraction of sp³-hybridized carbons (Fsp3) is 0.300. The minimum Gasteiger partial charge on any atom is -0.465 e. The van der Waals surface area contributed by atoms with E-state index >= 15 is 0 Å². The summed E-state index contributed by atoms with van der Waals surface area (Å²) in [6, 6.07) is 8.79. The fourth-order valence-electron chi connectivity index (χ4n) is 2.41. The molecule has 0 unspecified atom stereocenters. The van der Waals surface area contributed by atoms with E-state index in [2.05, 4.69) is 15.4 Å². The Morgan fingerprint density at radius 1 is 1.07 bits per heavy atom. The minimum absolute atomic E-state index is 0.179. The highest BCUT2D eigenvalue weighted by atomic mass is 32.1. The van der Waals surface area contributed by atoms with Gasteiger partial charge in [-0.05, 0) is 29.5 Å². The van der Waals surface area contributed by atoms with Gasteiger partial charge in [-0.1, -0.05) is 32.0 Å². The molecular formula is C20H22N2O6S. The molecule has 0 saturated heterocycles. The predicted molar refractivity (Wildman–Crippen MR) is 108 cm³/mol. The Hall–Kier alpha value is -3.20. The van der Waals surface area contributed by atoms with Crippen LogP contribution in [0.3, 0.4) is 0 Å². The molecule has 0 bridgehead atoms. The maximum Gasteiger partial charge on any atom is 0.339 e. The highest BCUT2D eigenvalue weighted by Gasteiger charge is 2.27. The van der Waals surface area contributed by atoms with Gasteiger partial charge in [0.15, 0.2) is 6.61 Å². The van der Waals surface area contributed by atoms with Crippen LogP contribution in [0.15, 0.2) is 41.8 Å². The monoisotopic (exact) mass is 418 g/mol. The lowest BCUT2D eigenvalue weighted by atomic mass is 10.0. The van der Waals surface area contributed by atoms with E-state index in [-0.39, 0.29) is 23.1 Å². The van der Waals surface area contributed by atoms with Gasteiger partial charge < -0.3 is 20.1 Å². The summed E-state index contributed by atoms with van der Waals surface area (Å²) in [5.74, 6) is -2.57.